The number of ether oxygens (including phenoxy) is 2. The highest BCUT2D eigenvalue weighted by Crippen LogP contribution is 2.21. The number of amides is 2. The Morgan fingerprint density at radius 1 is 0.941 bits per heavy atom. The molecule has 1 saturated heterocycles. The van der Waals surface area contributed by atoms with Crippen LogP contribution in [-0.4, -0.2) is 60.1 Å². The normalized spacial score (nSPS) is 14.0. The van der Waals surface area contributed by atoms with Gasteiger partial charge in [-0.05, 0) is 56.7 Å². The quantitative estimate of drug-likeness (QED) is 0.552. The van der Waals surface area contributed by atoms with E-state index in [-0.39, 0.29) is 11.8 Å². The van der Waals surface area contributed by atoms with Gasteiger partial charge in [-0.3, -0.25) is 9.59 Å². The van der Waals surface area contributed by atoms with E-state index in [4.69, 9.17) is 14.0 Å². The number of aromatic nitrogens is 1. The third-order valence-corrected chi connectivity index (χ3v) is 6.07. The minimum absolute atomic E-state index is 0.0520. The van der Waals surface area contributed by atoms with Crippen LogP contribution in [0.3, 0.4) is 0 Å². The molecule has 0 unspecified atom stereocenters. The molecule has 3 aromatic rings. The van der Waals surface area contributed by atoms with Crippen molar-refractivity contribution in [1.29, 1.82) is 0 Å². The van der Waals surface area contributed by atoms with Gasteiger partial charge in [-0.1, -0.05) is 17.3 Å². The molecule has 8 nitrogen and oxygen atoms in total. The Hall–Kier alpha value is -3.81. The number of nitrogens with zero attached hydrogens (tertiary/aromatic N) is 3. The molecule has 34 heavy (non-hydrogen) atoms. The van der Waals surface area contributed by atoms with Crippen molar-refractivity contribution >= 4 is 11.8 Å². The Labute approximate surface area is 199 Å². The predicted molar refractivity (Wildman–Crippen MR) is 126 cm³/mol. The van der Waals surface area contributed by atoms with Gasteiger partial charge in [-0.2, -0.15) is 0 Å². The molecule has 1 aliphatic rings. The van der Waals surface area contributed by atoms with Gasteiger partial charge in [0.25, 0.3) is 11.8 Å². The minimum atomic E-state index is -0.0773. The Balaban J connectivity index is 1.35. The van der Waals surface area contributed by atoms with Crippen molar-refractivity contribution in [2.45, 2.75) is 26.9 Å². The zero-order valence-electron chi connectivity index (χ0n) is 19.7. The van der Waals surface area contributed by atoms with E-state index >= 15 is 0 Å². The topological polar surface area (TPSA) is 85.1 Å². The summed E-state index contributed by atoms with van der Waals surface area (Å²) in [5.74, 6) is 1.83. The summed E-state index contributed by atoms with van der Waals surface area (Å²) in [7, 11) is 1.56. The number of hydrogen-bond acceptors (Lipinski definition) is 6. The molecule has 0 aliphatic carbocycles. The lowest BCUT2D eigenvalue weighted by molar-refractivity contribution is 0.0717. The molecule has 0 saturated carbocycles. The molecule has 2 heterocycles. The van der Waals surface area contributed by atoms with Crippen molar-refractivity contribution in [3.63, 3.8) is 0 Å². The van der Waals surface area contributed by atoms with Crippen molar-refractivity contribution in [3.05, 3.63) is 76.7 Å². The van der Waals surface area contributed by atoms with Gasteiger partial charge in [0.2, 0.25) is 0 Å². The maximum absolute atomic E-state index is 13.1. The first-order valence-corrected chi connectivity index (χ1v) is 11.3. The molecule has 1 fully saturated rings. The molecule has 0 atom stereocenters. The van der Waals surface area contributed by atoms with E-state index < -0.39 is 0 Å². The number of rotatable bonds is 6. The lowest BCUT2D eigenvalue weighted by atomic mass is 10.1. The second-order valence-electron chi connectivity index (χ2n) is 8.25. The number of carbonyl (C=O) groups excluding carboxylic acids is 2. The standard InChI is InChI=1S/C26H29N3O5/c1-18-23(19(2)34-27-18)17-33-21-11-9-20(10-12-21)25(30)28-13-6-14-29(16-15-28)26(31)22-7-4-5-8-24(22)32-3/h4-5,7-12H,6,13-17H2,1-3H3. The molecule has 178 valence electrons. The van der Waals surface area contributed by atoms with E-state index in [9.17, 15) is 9.59 Å². The monoisotopic (exact) mass is 463 g/mol. The van der Waals surface area contributed by atoms with Gasteiger partial charge < -0.3 is 23.8 Å². The van der Waals surface area contributed by atoms with Crippen LogP contribution in [0, 0.1) is 13.8 Å². The van der Waals surface area contributed by atoms with Crippen LogP contribution in [0.2, 0.25) is 0 Å². The van der Waals surface area contributed by atoms with Crippen molar-refractivity contribution in [2.75, 3.05) is 33.3 Å². The van der Waals surface area contributed by atoms with E-state index in [0.29, 0.717) is 61.8 Å². The van der Waals surface area contributed by atoms with E-state index in [2.05, 4.69) is 5.16 Å². The molecule has 2 amide bonds. The first kappa shape index (κ1) is 23.4. The number of carbonyl (C=O) groups is 2. The summed E-state index contributed by atoms with van der Waals surface area (Å²) < 4.78 is 16.3. The van der Waals surface area contributed by atoms with Gasteiger partial charge in [0.05, 0.1) is 23.9 Å². The van der Waals surface area contributed by atoms with Gasteiger partial charge in [-0.15, -0.1) is 0 Å². The minimum Gasteiger partial charge on any atom is -0.496 e. The molecule has 0 N–H and O–H groups in total. The molecule has 1 aromatic heterocycles. The van der Waals surface area contributed by atoms with Crippen LogP contribution in [0.1, 0.15) is 44.2 Å². The zero-order chi connectivity index (χ0) is 24.1. The van der Waals surface area contributed by atoms with E-state index in [1.165, 1.54) is 0 Å². The van der Waals surface area contributed by atoms with Gasteiger partial charge >= 0.3 is 0 Å². The lowest BCUT2D eigenvalue weighted by Crippen LogP contribution is -2.37. The van der Waals surface area contributed by atoms with Gasteiger partial charge in [-0.25, -0.2) is 0 Å². The first-order valence-electron chi connectivity index (χ1n) is 11.3. The molecule has 4 rings (SSSR count). The highest BCUT2D eigenvalue weighted by molar-refractivity contribution is 5.97. The smallest absolute Gasteiger partial charge is 0.257 e. The highest BCUT2D eigenvalue weighted by Gasteiger charge is 2.25. The van der Waals surface area contributed by atoms with Crippen molar-refractivity contribution in [2.24, 2.45) is 0 Å². The molecule has 8 heteroatoms. The Kier molecular flexibility index (Phi) is 7.15. The molecule has 0 radical (unpaired) electrons. The number of para-hydroxylation sites is 1. The average Bonchev–Trinajstić information content (AvgIpc) is 3.04. The van der Waals surface area contributed by atoms with E-state index in [1.807, 2.05) is 26.0 Å². The number of methoxy groups -OCH3 is 1. The first-order chi connectivity index (χ1) is 16.5. The SMILES string of the molecule is COc1ccccc1C(=O)N1CCCN(C(=O)c2ccc(OCc3c(C)noc3C)cc2)CC1. The summed E-state index contributed by atoms with van der Waals surface area (Å²) in [5, 5.41) is 3.93. The summed E-state index contributed by atoms with van der Waals surface area (Å²) in [4.78, 5) is 29.7. The summed E-state index contributed by atoms with van der Waals surface area (Å²) >= 11 is 0. The summed E-state index contributed by atoms with van der Waals surface area (Å²) in [6.45, 7) is 6.23. The van der Waals surface area contributed by atoms with Crippen LogP contribution in [0.25, 0.3) is 0 Å². The Bertz CT molecular complexity index is 1140. The van der Waals surface area contributed by atoms with Crippen LogP contribution >= 0.6 is 0 Å². The molecular weight excluding hydrogens is 434 g/mol. The molecule has 0 spiro atoms. The molecule has 1 aliphatic heterocycles. The maximum Gasteiger partial charge on any atom is 0.257 e. The van der Waals surface area contributed by atoms with Crippen LogP contribution in [-0.2, 0) is 6.61 Å². The third-order valence-electron chi connectivity index (χ3n) is 6.07. The van der Waals surface area contributed by atoms with Crippen molar-refractivity contribution in [3.8, 4) is 11.5 Å². The maximum atomic E-state index is 13.1. The van der Waals surface area contributed by atoms with Gasteiger partial charge in [0.15, 0.2) is 0 Å². The predicted octanol–water partition coefficient (Wildman–Crippen LogP) is 3.87. The second kappa shape index (κ2) is 10.4. The Morgan fingerprint density at radius 2 is 1.62 bits per heavy atom. The summed E-state index contributed by atoms with van der Waals surface area (Å²) in [6, 6.07) is 14.3. The average molecular weight is 464 g/mol. The molecule has 2 aromatic carbocycles. The van der Waals surface area contributed by atoms with Crippen LogP contribution < -0.4 is 9.47 Å². The van der Waals surface area contributed by atoms with Gasteiger partial charge in [0.1, 0.15) is 23.9 Å². The molecule has 0 bridgehead atoms. The van der Waals surface area contributed by atoms with Crippen molar-refractivity contribution < 1.29 is 23.6 Å². The van der Waals surface area contributed by atoms with Crippen LogP contribution in [0.5, 0.6) is 11.5 Å². The van der Waals surface area contributed by atoms with Crippen LogP contribution in [0.4, 0.5) is 0 Å². The Morgan fingerprint density at radius 3 is 2.26 bits per heavy atom. The fraction of sp³-hybridized carbons (Fsp3) is 0.346. The highest BCUT2D eigenvalue weighted by atomic mass is 16.5. The number of aryl methyl sites for hydroxylation is 2. The van der Waals surface area contributed by atoms with Crippen molar-refractivity contribution in [1.82, 2.24) is 15.0 Å². The van der Waals surface area contributed by atoms with E-state index in [0.717, 1.165) is 17.0 Å². The fourth-order valence-corrected chi connectivity index (χ4v) is 4.06. The van der Waals surface area contributed by atoms with Crippen LogP contribution in [0.15, 0.2) is 53.1 Å². The van der Waals surface area contributed by atoms with Gasteiger partial charge in [0, 0.05) is 31.7 Å². The summed E-state index contributed by atoms with van der Waals surface area (Å²) in [6.07, 6.45) is 0.714. The number of benzene rings is 2. The largest absolute Gasteiger partial charge is 0.496 e. The zero-order valence-corrected chi connectivity index (χ0v) is 19.7. The fourth-order valence-electron chi connectivity index (χ4n) is 4.06. The molecular formula is C26H29N3O5. The lowest BCUT2D eigenvalue weighted by Gasteiger charge is -2.23. The second-order valence-corrected chi connectivity index (χ2v) is 8.25. The third kappa shape index (κ3) is 5.06. The number of hydrogen-bond donors (Lipinski definition) is 0. The summed E-state index contributed by atoms with van der Waals surface area (Å²) in [5.41, 5.74) is 2.87. The van der Waals surface area contributed by atoms with E-state index in [1.54, 1.807) is 53.3 Å².